The van der Waals surface area contributed by atoms with Gasteiger partial charge in [-0.15, -0.1) is 0 Å². The first-order valence-corrected chi connectivity index (χ1v) is 6.84. The quantitative estimate of drug-likeness (QED) is 0.682. The first-order chi connectivity index (χ1) is 9.41. The van der Waals surface area contributed by atoms with Gasteiger partial charge in [0.25, 0.3) is 0 Å². The zero-order valence-electron chi connectivity index (χ0n) is 10.9. The Labute approximate surface area is 121 Å². The zero-order chi connectivity index (χ0) is 14.8. The second kappa shape index (κ2) is 5.93. The lowest BCUT2D eigenvalue weighted by Crippen LogP contribution is -2.47. The molecule has 1 aromatic carbocycles. The van der Waals surface area contributed by atoms with E-state index in [9.17, 15) is 14.5 Å². The third-order valence-corrected chi connectivity index (χ3v) is 3.85. The molecule has 0 saturated heterocycles. The van der Waals surface area contributed by atoms with Gasteiger partial charge < -0.3 is 10.5 Å². The molecule has 2 rings (SSSR count). The monoisotopic (exact) mass is 302 g/mol. The number of ether oxygens (including phenoxy) is 1. The van der Waals surface area contributed by atoms with Gasteiger partial charge in [-0.3, -0.25) is 10.1 Å². The van der Waals surface area contributed by atoms with Crippen LogP contribution in [0.1, 0.15) is 32.1 Å². The van der Waals surface area contributed by atoms with Crippen molar-refractivity contribution in [2.24, 2.45) is 5.73 Å². The van der Waals surface area contributed by atoms with Crippen LogP contribution in [0.15, 0.2) is 12.1 Å². The first-order valence-electron chi connectivity index (χ1n) is 6.46. The number of hydrogen-bond donors (Lipinski definition) is 1. The average Bonchev–Trinajstić information content (AvgIpc) is 2.40. The minimum Gasteiger partial charge on any atom is -0.485 e. The lowest BCUT2D eigenvalue weighted by molar-refractivity contribution is -0.386. The highest BCUT2D eigenvalue weighted by Crippen LogP contribution is 2.34. The summed E-state index contributed by atoms with van der Waals surface area (Å²) in [4.78, 5) is 10.3. The molecule has 20 heavy (non-hydrogen) atoms. The van der Waals surface area contributed by atoms with Crippen LogP contribution in [0.3, 0.4) is 0 Å². The molecule has 110 valence electrons. The van der Waals surface area contributed by atoms with E-state index in [1.165, 1.54) is 0 Å². The minimum atomic E-state index is -0.748. The van der Waals surface area contributed by atoms with Crippen molar-refractivity contribution < 1.29 is 14.1 Å². The fraction of sp³-hybridized carbons (Fsp3) is 0.538. The number of nitrogens with two attached hydrogens (primary N) is 1. The molecular formula is C13H16ClFN2O3. The Hall–Kier alpha value is -1.40. The standard InChI is InChI=1S/C13H16ClFN2O3/c14-9-6-11(17(18)19)12(7-10(9)15)20-8-13(16)4-2-1-3-5-13/h6-7H,1-5,8,16H2. The molecule has 1 saturated carbocycles. The van der Waals surface area contributed by atoms with Crippen molar-refractivity contribution in [3.05, 3.63) is 33.1 Å². The third-order valence-electron chi connectivity index (χ3n) is 3.56. The molecular weight excluding hydrogens is 287 g/mol. The number of benzene rings is 1. The molecule has 0 heterocycles. The second-order valence-corrected chi connectivity index (χ2v) is 5.61. The van der Waals surface area contributed by atoms with Crippen molar-refractivity contribution >= 4 is 17.3 Å². The van der Waals surface area contributed by atoms with E-state index in [0.29, 0.717) is 0 Å². The number of nitro benzene ring substituents is 1. The summed E-state index contributed by atoms with van der Waals surface area (Å²) in [6, 6.07) is 1.89. The van der Waals surface area contributed by atoms with Crippen molar-refractivity contribution in [3.8, 4) is 5.75 Å². The SMILES string of the molecule is NC1(COc2cc(F)c(Cl)cc2[N+](=O)[O-])CCCCC1. The minimum absolute atomic E-state index is 0.132. The van der Waals surface area contributed by atoms with E-state index >= 15 is 0 Å². The number of halogens is 2. The van der Waals surface area contributed by atoms with Crippen molar-refractivity contribution in [1.29, 1.82) is 0 Å². The molecule has 0 amide bonds. The summed E-state index contributed by atoms with van der Waals surface area (Å²) in [6.07, 6.45) is 4.76. The number of rotatable bonds is 4. The maximum absolute atomic E-state index is 13.4. The molecule has 5 nitrogen and oxygen atoms in total. The maximum Gasteiger partial charge on any atom is 0.312 e. The smallest absolute Gasteiger partial charge is 0.312 e. The molecule has 0 bridgehead atoms. The summed E-state index contributed by atoms with van der Waals surface area (Å²) in [6.45, 7) is 0.134. The van der Waals surface area contributed by atoms with Gasteiger partial charge in [0.1, 0.15) is 12.4 Å². The Kier molecular flexibility index (Phi) is 4.45. The Balaban J connectivity index is 2.16. The topological polar surface area (TPSA) is 78.4 Å². The summed E-state index contributed by atoms with van der Waals surface area (Å²) < 4.78 is 18.8. The Morgan fingerprint density at radius 2 is 2.05 bits per heavy atom. The molecule has 1 aliphatic carbocycles. The summed E-state index contributed by atoms with van der Waals surface area (Å²) in [5.41, 5.74) is 5.34. The Morgan fingerprint density at radius 3 is 2.65 bits per heavy atom. The summed E-state index contributed by atoms with van der Waals surface area (Å²) in [5, 5.41) is 10.6. The van der Waals surface area contributed by atoms with Gasteiger partial charge in [0.2, 0.25) is 0 Å². The van der Waals surface area contributed by atoms with Crippen LogP contribution in [-0.2, 0) is 0 Å². The van der Waals surface area contributed by atoms with Crippen LogP contribution in [0.2, 0.25) is 5.02 Å². The predicted octanol–water partition coefficient (Wildman–Crippen LogP) is 3.43. The van der Waals surface area contributed by atoms with Gasteiger partial charge in [0, 0.05) is 12.1 Å². The van der Waals surface area contributed by atoms with Gasteiger partial charge in [0.15, 0.2) is 5.75 Å². The van der Waals surface area contributed by atoms with E-state index < -0.39 is 16.3 Å². The molecule has 7 heteroatoms. The molecule has 1 aromatic rings. The predicted molar refractivity (Wildman–Crippen MR) is 73.6 cm³/mol. The average molecular weight is 303 g/mol. The molecule has 1 fully saturated rings. The summed E-state index contributed by atoms with van der Waals surface area (Å²) in [7, 11) is 0. The molecule has 0 aromatic heterocycles. The van der Waals surface area contributed by atoms with Crippen molar-refractivity contribution in [3.63, 3.8) is 0 Å². The van der Waals surface area contributed by atoms with E-state index in [-0.39, 0.29) is 23.1 Å². The lowest BCUT2D eigenvalue weighted by atomic mass is 9.83. The first kappa shape index (κ1) is 15.0. The van der Waals surface area contributed by atoms with Gasteiger partial charge >= 0.3 is 5.69 Å². The molecule has 0 radical (unpaired) electrons. The number of hydrogen-bond acceptors (Lipinski definition) is 4. The number of nitrogens with zero attached hydrogens (tertiary/aromatic N) is 1. The molecule has 1 aliphatic rings. The van der Waals surface area contributed by atoms with Gasteiger partial charge in [-0.1, -0.05) is 30.9 Å². The summed E-state index contributed by atoms with van der Waals surface area (Å²) >= 11 is 5.55. The van der Waals surface area contributed by atoms with Crippen LogP contribution < -0.4 is 10.5 Å². The highest BCUT2D eigenvalue weighted by atomic mass is 35.5. The normalized spacial score (nSPS) is 17.8. The maximum atomic E-state index is 13.4. The molecule has 0 unspecified atom stereocenters. The fourth-order valence-corrected chi connectivity index (χ4v) is 2.56. The Morgan fingerprint density at radius 1 is 1.40 bits per heavy atom. The van der Waals surface area contributed by atoms with Gasteiger partial charge in [0.05, 0.1) is 15.5 Å². The highest BCUT2D eigenvalue weighted by molar-refractivity contribution is 6.31. The fourth-order valence-electron chi connectivity index (χ4n) is 2.40. The van der Waals surface area contributed by atoms with Crippen LogP contribution in [0.25, 0.3) is 0 Å². The molecule has 0 spiro atoms. The Bertz CT molecular complexity index is 519. The third kappa shape index (κ3) is 3.37. The van der Waals surface area contributed by atoms with Gasteiger partial charge in [-0.05, 0) is 12.8 Å². The highest BCUT2D eigenvalue weighted by Gasteiger charge is 2.29. The van der Waals surface area contributed by atoms with Crippen LogP contribution in [0.4, 0.5) is 10.1 Å². The molecule has 2 N–H and O–H groups in total. The zero-order valence-corrected chi connectivity index (χ0v) is 11.7. The molecule has 0 aliphatic heterocycles. The van der Waals surface area contributed by atoms with Crippen LogP contribution in [0, 0.1) is 15.9 Å². The molecule has 0 atom stereocenters. The van der Waals surface area contributed by atoms with Gasteiger partial charge in [-0.2, -0.15) is 0 Å². The van der Waals surface area contributed by atoms with Crippen molar-refractivity contribution in [2.75, 3.05) is 6.61 Å². The van der Waals surface area contributed by atoms with E-state index in [4.69, 9.17) is 22.1 Å². The van der Waals surface area contributed by atoms with E-state index in [1.807, 2.05) is 0 Å². The van der Waals surface area contributed by atoms with Crippen molar-refractivity contribution in [2.45, 2.75) is 37.6 Å². The van der Waals surface area contributed by atoms with Crippen LogP contribution >= 0.6 is 11.6 Å². The van der Waals surface area contributed by atoms with Crippen LogP contribution in [0.5, 0.6) is 5.75 Å². The van der Waals surface area contributed by atoms with E-state index in [0.717, 1.165) is 44.2 Å². The van der Waals surface area contributed by atoms with Crippen molar-refractivity contribution in [1.82, 2.24) is 0 Å². The largest absolute Gasteiger partial charge is 0.485 e. The number of nitro groups is 1. The van der Waals surface area contributed by atoms with E-state index in [1.54, 1.807) is 0 Å². The summed E-state index contributed by atoms with van der Waals surface area (Å²) in [5.74, 6) is -0.880. The lowest BCUT2D eigenvalue weighted by Gasteiger charge is -2.32. The van der Waals surface area contributed by atoms with Crippen LogP contribution in [-0.4, -0.2) is 17.1 Å². The second-order valence-electron chi connectivity index (χ2n) is 5.20. The van der Waals surface area contributed by atoms with E-state index in [2.05, 4.69) is 0 Å². The van der Waals surface area contributed by atoms with Gasteiger partial charge in [-0.25, -0.2) is 4.39 Å².